The Morgan fingerprint density at radius 2 is 2.00 bits per heavy atom. The van der Waals surface area contributed by atoms with Gasteiger partial charge in [-0.3, -0.25) is 4.98 Å². The van der Waals surface area contributed by atoms with Gasteiger partial charge in [0, 0.05) is 5.69 Å². The van der Waals surface area contributed by atoms with Gasteiger partial charge in [0.05, 0.1) is 18.6 Å². The molecule has 2 rings (SSSR count). The van der Waals surface area contributed by atoms with Gasteiger partial charge in [-0.2, -0.15) is 0 Å². The predicted molar refractivity (Wildman–Crippen MR) is 67.0 cm³/mol. The first-order chi connectivity index (χ1) is 8.15. The second-order valence-corrected chi connectivity index (χ2v) is 3.78. The van der Waals surface area contributed by atoms with E-state index < -0.39 is 0 Å². The minimum Gasteiger partial charge on any atom is -0.436 e. The molecule has 86 valence electrons. The summed E-state index contributed by atoms with van der Waals surface area (Å²) in [5.41, 5.74) is 6.80. The highest BCUT2D eigenvalue weighted by Crippen LogP contribution is 2.17. The van der Waals surface area contributed by atoms with Crippen molar-refractivity contribution in [3.05, 3.63) is 42.1 Å². The van der Waals surface area contributed by atoms with Gasteiger partial charge in [0.25, 0.3) is 0 Å². The zero-order valence-electron chi connectivity index (χ0n) is 9.12. The Hall–Kier alpha value is -2.08. The molecular formula is C11H10N4OS. The molecule has 2 N–H and O–H groups in total. The second kappa shape index (κ2) is 4.84. The fraction of sp³-hybridized carbons (Fsp3) is 0.0909. The van der Waals surface area contributed by atoms with Crippen LogP contribution in [0.5, 0.6) is 11.6 Å². The fourth-order valence-corrected chi connectivity index (χ4v) is 1.24. The molecule has 0 aliphatic rings. The lowest BCUT2D eigenvalue weighted by Crippen LogP contribution is -2.11. The lowest BCUT2D eigenvalue weighted by atomic mass is 10.4. The van der Waals surface area contributed by atoms with Crippen molar-refractivity contribution in [2.24, 2.45) is 5.73 Å². The molecular weight excluding hydrogens is 236 g/mol. The third kappa shape index (κ3) is 2.94. The largest absolute Gasteiger partial charge is 0.436 e. The van der Waals surface area contributed by atoms with Crippen LogP contribution in [0.1, 0.15) is 11.4 Å². The summed E-state index contributed by atoms with van der Waals surface area (Å²) in [6.45, 7) is 1.90. The van der Waals surface area contributed by atoms with Crippen LogP contribution in [0.4, 0.5) is 0 Å². The van der Waals surface area contributed by atoms with Crippen LogP contribution in [0.25, 0.3) is 0 Å². The Balaban J connectivity index is 2.13. The average molecular weight is 246 g/mol. The van der Waals surface area contributed by atoms with Crippen molar-refractivity contribution in [3.8, 4) is 11.6 Å². The molecule has 0 radical (unpaired) electrons. The monoisotopic (exact) mass is 246 g/mol. The second-order valence-electron chi connectivity index (χ2n) is 3.34. The third-order valence-electron chi connectivity index (χ3n) is 1.99. The van der Waals surface area contributed by atoms with E-state index in [2.05, 4.69) is 15.0 Å². The molecule has 2 aromatic rings. The Kier molecular flexibility index (Phi) is 3.24. The van der Waals surface area contributed by atoms with Crippen molar-refractivity contribution in [2.45, 2.75) is 6.92 Å². The van der Waals surface area contributed by atoms with Crippen LogP contribution in [0.3, 0.4) is 0 Å². The quantitative estimate of drug-likeness (QED) is 0.829. The zero-order chi connectivity index (χ0) is 12.3. The van der Waals surface area contributed by atoms with E-state index >= 15 is 0 Å². The van der Waals surface area contributed by atoms with Crippen molar-refractivity contribution in [1.82, 2.24) is 15.0 Å². The summed E-state index contributed by atoms with van der Waals surface area (Å²) in [7, 11) is 0. The molecule has 0 amide bonds. The number of nitrogens with zero attached hydrogens (tertiary/aromatic N) is 3. The van der Waals surface area contributed by atoms with Gasteiger partial charge in [-0.25, -0.2) is 9.97 Å². The Morgan fingerprint density at radius 1 is 1.18 bits per heavy atom. The minimum atomic E-state index is 0.209. The van der Waals surface area contributed by atoms with Crippen molar-refractivity contribution in [3.63, 3.8) is 0 Å². The van der Waals surface area contributed by atoms with Gasteiger partial charge in [-0.15, -0.1) is 0 Å². The van der Waals surface area contributed by atoms with Crippen LogP contribution in [-0.4, -0.2) is 19.9 Å². The number of nitrogens with two attached hydrogens (primary N) is 1. The van der Waals surface area contributed by atoms with Crippen molar-refractivity contribution in [1.29, 1.82) is 0 Å². The SMILES string of the molecule is Cc1ccc(Oc2cnc(C(N)=S)cn2)cn1. The summed E-state index contributed by atoms with van der Waals surface area (Å²) in [5.74, 6) is 0.976. The highest BCUT2D eigenvalue weighted by Gasteiger charge is 2.02. The highest BCUT2D eigenvalue weighted by molar-refractivity contribution is 7.80. The number of hydrogen-bond acceptors (Lipinski definition) is 5. The summed E-state index contributed by atoms with van der Waals surface area (Å²) in [6, 6.07) is 3.66. The van der Waals surface area contributed by atoms with Crippen LogP contribution < -0.4 is 10.5 Å². The van der Waals surface area contributed by atoms with E-state index in [1.54, 1.807) is 6.20 Å². The van der Waals surface area contributed by atoms with E-state index in [0.717, 1.165) is 5.69 Å². The molecule has 2 aromatic heterocycles. The first-order valence-corrected chi connectivity index (χ1v) is 5.28. The minimum absolute atomic E-state index is 0.209. The average Bonchev–Trinajstić information content (AvgIpc) is 2.33. The van der Waals surface area contributed by atoms with Gasteiger partial charge in [-0.1, -0.05) is 12.2 Å². The Bertz CT molecular complexity index is 524. The van der Waals surface area contributed by atoms with E-state index in [9.17, 15) is 0 Å². The smallest absolute Gasteiger partial charge is 0.237 e. The van der Waals surface area contributed by atoms with Crippen LogP contribution in [0.15, 0.2) is 30.7 Å². The lowest BCUT2D eigenvalue weighted by Gasteiger charge is -2.04. The fourth-order valence-electron chi connectivity index (χ4n) is 1.13. The first-order valence-electron chi connectivity index (χ1n) is 4.87. The molecule has 0 bridgehead atoms. The van der Waals surface area contributed by atoms with Gasteiger partial charge in [0.1, 0.15) is 16.4 Å². The van der Waals surface area contributed by atoms with Crippen LogP contribution >= 0.6 is 12.2 Å². The maximum Gasteiger partial charge on any atom is 0.237 e. The number of rotatable bonds is 3. The number of aryl methyl sites for hydroxylation is 1. The molecule has 0 atom stereocenters. The molecule has 0 saturated carbocycles. The van der Waals surface area contributed by atoms with Gasteiger partial charge < -0.3 is 10.5 Å². The molecule has 2 heterocycles. The van der Waals surface area contributed by atoms with Crippen molar-refractivity contribution >= 4 is 17.2 Å². The third-order valence-corrected chi connectivity index (χ3v) is 2.20. The maximum atomic E-state index is 5.45. The van der Waals surface area contributed by atoms with E-state index in [0.29, 0.717) is 17.3 Å². The van der Waals surface area contributed by atoms with Crippen LogP contribution in [0, 0.1) is 6.92 Å². The van der Waals surface area contributed by atoms with Gasteiger partial charge in [0.2, 0.25) is 5.88 Å². The molecule has 0 aromatic carbocycles. The standard InChI is InChI=1S/C11H10N4OS/c1-7-2-3-8(4-13-7)16-10-6-14-9(5-15-10)11(12)17/h2-6H,1H3,(H2,12,17). The molecule has 17 heavy (non-hydrogen) atoms. The van der Waals surface area contributed by atoms with Crippen molar-refractivity contribution < 1.29 is 4.74 Å². The molecule has 0 aliphatic heterocycles. The normalized spacial score (nSPS) is 9.94. The van der Waals surface area contributed by atoms with Crippen LogP contribution in [0.2, 0.25) is 0 Å². The predicted octanol–water partition coefficient (Wildman–Crippen LogP) is 1.61. The molecule has 6 heteroatoms. The van der Waals surface area contributed by atoms with Gasteiger partial charge in [0.15, 0.2) is 0 Å². The van der Waals surface area contributed by atoms with E-state index in [-0.39, 0.29) is 4.99 Å². The van der Waals surface area contributed by atoms with E-state index in [1.807, 2.05) is 19.1 Å². The number of aromatic nitrogens is 3. The molecule has 0 spiro atoms. The summed E-state index contributed by atoms with van der Waals surface area (Å²) >= 11 is 4.77. The Labute approximate surface area is 104 Å². The number of thiocarbonyl (C=S) groups is 1. The molecule has 0 fully saturated rings. The Morgan fingerprint density at radius 3 is 2.53 bits per heavy atom. The zero-order valence-corrected chi connectivity index (χ0v) is 9.94. The number of pyridine rings is 1. The topological polar surface area (TPSA) is 73.9 Å². The van der Waals surface area contributed by atoms with E-state index in [1.165, 1.54) is 12.4 Å². The highest BCUT2D eigenvalue weighted by atomic mass is 32.1. The van der Waals surface area contributed by atoms with Crippen molar-refractivity contribution in [2.75, 3.05) is 0 Å². The van der Waals surface area contributed by atoms with E-state index in [4.69, 9.17) is 22.7 Å². The summed E-state index contributed by atoms with van der Waals surface area (Å²) < 4.78 is 5.45. The number of hydrogen-bond donors (Lipinski definition) is 1. The number of ether oxygens (including phenoxy) is 1. The van der Waals surface area contributed by atoms with Crippen LogP contribution in [-0.2, 0) is 0 Å². The molecule has 0 aliphatic carbocycles. The molecule has 5 nitrogen and oxygen atoms in total. The molecule has 0 unspecified atom stereocenters. The molecule has 0 saturated heterocycles. The first kappa shape index (κ1) is 11.4. The van der Waals surface area contributed by atoms with Gasteiger partial charge >= 0.3 is 0 Å². The maximum absolute atomic E-state index is 5.45. The summed E-state index contributed by atoms with van der Waals surface area (Å²) in [5, 5.41) is 0. The lowest BCUT2D eigenvalue weighted by molar-refractivity contribution is 0.457. The van der Waals surface area contributed by atoms with Gasteiger partial charge in [-0.05, 0) is 19.1 Å². The summed E-state index contributed by atoms with van der Waals surface area (Å²) in [4.78, 5) is 12.4. The summed E-state index contributed by atoms with van der Waals surface area (Å²) in [6.07, 6.45) is 4.56.